The van der Waals surface area contributed by atoms with E-state index < -0.39 is 0 Å². The van der Waals surface area contributed by atoms with Gasteiger partial charge >= 0.3 is 5.97 Å². The molecule has 0 radical (unpaired) electrons. The van der Waals surface area contributed by atoms with Crippen molar-refractivity contribution in [2.24, 2.45) is 10.9 Å². The first-order valence-electron chi connectivity index (χ1n) is 8.79. The maximum Gasteiger partial charge on any atom is 0.357 e. The summed E-state index contributed by atoms with van der Waals surface area (Å²) in [5.41, 5.74) is 2.30. The summed E-state index contributed by atoms with van der Waals surface area (Å²) in [6.45, 7) is 7.82. The van der Waals surface area contributed by atoms with Crippen LogP contribution in [0.25, 0.3) is 0 Å². The number of rotatable bonds is 8. The maximum absolute atomic E-state index is 12.2. The number of aliphatic imine (C=N–C) groups is 1. The fraction of sp³-hybridized carbons (Fsp3) is 0.429. The maximum atomic E-state index is 12.2. The Morgan fingerprint density at radius 1 is 1.17 bits per heavy atom. The molecular formula is C21H27NO2. The van der Waals surface area contributed by atoms with E-state index in [0.29, 0.717) is 5.70 Å². The van der Waals surface area contributed by atoms with Gasteiger partial charge in [0.05, 0.1) is 5.71 Å². The predicted molar refractivity (Wildman–Crippen MR) is 99.1 cm³/mol. The number of hydrogen-bond donors (Lipinski definition) is 0. The summed E-state index contributed by atoms with van der Waals surface area (Å²) in [7, 11) is 0. The van der Waals surface area contributed by atoms with Crippen LogP contribution in [0.3, 0.4) is 0 Å². The van der Waals surface area contributed by atoms with E-state index in [2.05, 4.69) is 11.6 Å². The fourth-order valence-corrected chi connectivity index (χ4v) is 2.74. The average molecular weight is 325 g/mol. The molecule has 0 N–H and O–H groups in total. The Labute approximate surface area is 145 Å². The van der Waals surface area contributed by atoms with Crippen LogP contribution in [-0.2, 0) is 9.53 Å². The van der Waals surface area contributed by atoms with Gasteiger partial charge in [-0.15, -0.1) is 6.58 Å². The Bertz CT molecular complexity index is 614. The van der Waals surface area contributed by atoms with Gasteiger partial charge in [0.2, 0.25) is 0 Å². The molecule has 24 heavy (non-hydrogen) atoms. The third-order valence-corrected chi connectivity index (χ3v) is 4.08. The molecule has 1 aliphatic heterocycles. The highest BCUT2D eigenvalue weighted by atomic mass is 16.5. The van der Waals surface area contributed by atoms with Crippen LogP contribution in [-0.4, -0.2) is 17.8 Å². The highest BCUT2D eigenvalue weighted by Crippen LogP contribution is 2.23. The van der Waals surface area contributed by atoms with E-state index in [0.717, 1.165) is 43.4 Å². The molecule has 1 aromatic carbocycles. The highest BCUT2D eigenvalue weighted by molar-refractivity contribution is 6.10. The molecule has 1 atom stereocenters. The number of benzene rings is 1. The monoisotopic (exact) mass is 325 g/mol. The van der Waals surface area contributed by atoms with E-state index in [4.69, 9.17) is 4.74 Å². The number of cyclic esters (lactones) is 1. The van der Waals surface area contributed by atoms with Crippen molar-refractivity contribution in [3.63, 3.8) is 0 Å². The van der Waals surface area contributed by atoms with Gasteiger partial charge in [-0.05, 0) is 37.2 Å². The summed E-state index contributed by atoms with van der Waals surface area (Å²) < 4.78 is 5.67. The van der Waals surface area contributed by atoms with E-state index in [1.807, 2.05) is 56.3 Å². The molecule has 128 valence electrons. The van der Waals surface area contributed by atoms with E-state index in [1.165, 1.54) is 0 Å². The molecule has 1 aliphatic rings. The largest absolute Gasteiger partial charge is 0.451 e. The minimum Gasteiger partial charge on any atom is -0.451 e. The number of allylic oxidation sites excluding steroid dienone is 2. The molecule has 0 saturated heterocycles. The van der Waals surface area contributed by atoms with E-state index in [-0.39, 0.29) is 18.0 Å². The number of ether oxygens (including phenoxy) is 1. The molecule has 0 bridgehead atoms. The average Bonchev–Trinajstić information content (AvgIpc) is 2.59. The van der Waals surface area contributed by atoms with Crippen molar-refractivity contribution >= 4 is 11.7 Å². The summed E-state index contributed by atoms with van der Waals surface area (Å²) in [6.07, 6.45) is 8.79. The Hall–Kier alpha value is -2.16. The zero-order valence-corrected chi connectivity index (χ0v) is 14.7. The van der Waals surface area contributed by atoms with Crippen LogP contribution in [0.15, 0.2) is 59.8 Å². The van der Waals surface area contributed by atoms with Gasteiger partial charge < -0.3 is 4.74 Å². The summed E-state index contributed by atoms with van der Waals surface area (Å²) in [5, 5.41) is 0. The smallest absolute Gasteiger partial charge is 0.357 e. The number of esters is 1. The fourth-order valence-electron chi connectivity index (χ4n) is 2.74. The van der Waals surface area contributed by atoms with Gasteiger partial charge in [0.15, 0.2) is 0 Å². The molecule has 0 saturated carbocycles. The van der Waals surface area contributed by atoms with Crippen LogP contribution in [0.1, 0.15) is 51.5 Å². The molecule has 0 aliphatic carbocycles. The van der Waals surface area contributed by atoms with Gasteiger partial charge in [0.1, 0.15) is 11.8 Å². The van der Waals surface area contributed by atoms with Crippen LogP contribution in [0.2, 0.25) is 0 Å². The summed E-state index contributed by atoms with van der Waals surface area (Å²) in [4.78, 5) is 16.9. The highest BCUT2D eigenvalue weighted by Gasteiger charge is 2.31. The second kappa shape index (κ2) is 9.21. The molecule has 0 unspecified atom stereocenters. The van der Waals surface area contributed by atoms with Crippen LogP contribution in [0.4, 0.5) is 0 Å². The van der Waals surface area contributed by atoms with Crippen molar-refractivity contribution < 1.29 is 9.53 Å². The topological polar surface area (TPSA) is 38.7 Å². The lowest BCUT2D eigenvalue weighted by atomic mass is 9.95. The van der Waals surface area contributed by atoms with Crippen LogP contribution >= 0.6 is 0 Å². The molecule has 2 rings (SSSR count). The Morgan fingerprint density at radius 2 is 1.88 bits per heavy atom. The van der Waals surface area contributed by atoms with Crippen molar-refractivity contribution in [2.45, 2.75) is 52.1 Å². The number of unbranched alkanes of at least 4 members (excludes halogenated alkanes) is 4. The molecule has 0 fully saturated rings. The van der Waals surface area contributed by atoms with Crippen molar-refractivity contribution in [1.82, 2.24) is 0 Å². The lowest BCUT2D eigenvalue weighted by Gasteiger charge is -2.27. The van der Waals surface area contributed by atoms with Crippen molar-refractivity contribution in [3.8, 4) is 0 Å². The Kier molecular flexibility index (Phi) is 6.98. The number of hydrogen-bond acceptors (Lipinski definition) is 3. The molecule has 3 heteroatoms. The molecule has 0 spiro atoms. The Morgan fingerprint density at radius 3 is 2.54 bits per heavy atom. The van der Waals surface area contributed by atoms with Gasteiger partial charge in [-0.1, -0.05) is 62.8 Å². The van der Waals surface area contributed by atoms with Gasteiger partial charge in [-0.25, -0.2) is 9.79 Å². The van der Waals surface area contributed by atoms with Gasteiger partial charge in [0.25, 0.3) is 0 Å². The van der Waals surface area contributed by atoms with Crippen molar-refractivity contribution in [1.29, 1.82) is 0 Å². The molecule has 3 nitrogen and oxygen atoms in total. The van der Waals surface area contributed by atoms with Crippen LogP contribution in [0, 0.1) is 5.92 Å². The second-order valence-electron chi connectivity index (χ2n) is 6.45. The first-order valence-corrected chi connectivity index (χ1v) is 8.79. The molecule has 1 heterocycles. The zero-order valence-electron chi connectivity index (χ0n) is 14.7. The molecule has 1 aromatic rings. The summed E-state index contributed by atoms with van der Waals surface area (Å²) in [6, 6.07) is 9.97. The first kappa shape index (κ1) is 18.2. The number of carbonyl (C=O) groups excluding carboxylic acids is 1. The number of carbonyl (C=O) groups is 1. The standard InChI is InChI=1S/C21H27NO2/c1-4-5-6-7-8-12-15-18-21(23)24-20(16(2)3)19(22-18)17-13-10-9-11-14-17/h4,9-11,13-16,20H,1,5-8,12H2,2-3H3/t20-/m1/s1. The normalized spacial score (nSPS) is 19.3. The first-order chi connectivity index (χ1) is 11.6. The summed E-state index contributed by atoms with van der Waals surface area (Å²) >= 11 is 0. The molecular weight excluding hydrogens is 298 g/mol. The lowest BCUT2D eigenvalue weighted by molar-refractivity contribution is -0.143. The molecule has 0 aromatic heterocycles. The number of nitrogens with zero attached hydrogens (tertiary/aromatic N) is 1. The van der Waals surface area contributed by atoms with Crippen molar-refractivity contribution in [3.05, 3.63) is 60.3 Å². The Balaban J connectivity index is 2.14. The minimum absolute atomic E-state index is 0.188. The SMILES string of the molecule is C=CCCCCCC=C1N=C(c2ccccc2)[C@@H](C(C)C)OC1=O. The minimum atomic E-state index is -0.306. The van der Waals surface area contributed by atoms with Crippen LogP contribution in [0.5, 0.6) is 0 Å². The second-order valence-corrected chi connectivity index (χ2v) is 6.45. The van der Waals surface area contributed by atoms with Gasteiger partial charge in [-0.2, -0.15) is 0 Å². The third kappa shape index (κ3) is 4.92. The quantitative estimate of drug-likeness (QED) is 0.289. The predicted octanol–water partition coefficient (Wildman–Crippen LogP) is 5.08. The van der Waals surface area contributed by atoms with Crippen LogP contribution < -0.4 is 0 Å². The van der Waals surface area contributed by atoms with Gasteiger partial charge in [0, 0.05) is 0 Å². The van der Waals surface area contributed by atoms with E-state index >= 15 is 0 Å². The van der Waals surface area contributed by atoms with Crippen molar-refractivity contribution in [2.75, 3.05) is 0 Å². The summed E-state index contributed by atoms with van der Waals surface area (Å²) in [5.74, 6) is -0.118. The zero-order chi connectivity index (χ0) is 17.4. The molecule has 0 amide bonds. The third-order valence-electron chi connectivity index (χ3n) is 4.08. The van der Waals surface area contributed by atoms with Gasteiger partial charge in [-0.3, -0.25) is 0 Å². The van der Waals surface area contributed by atoms with E-state index in [1.54, 1.807) is 0 Å². The van der Waals surface area contributed by atoms with E-state index in [9.17, 15) is 4.79 Å². The lowest BCUT2D eigenvalue weighted by Crippen LogP contribution is -2.37.